The van der Waals surface area contributed by atoms with E-state index in [4.69, 9.17) is 10.2 Å². The number of hydrogen-bond donors (Lipinski definition) is 2. The number of carbonyl (C=O) groups is 1. The highest BCUT2D eigenvalue weighted by Crippen LogP contribution is 1.84. The van der Waals surface area contributed by atoms with Crippen molar-refractivity contribution in [3.05, 3.63) is 34.2 Å². The van der Waals surface area contributed by atoms with Gasteiger partial charge in [-0.1, -0.05) is 12.1 Å². The van der Waals surface area contributed by atoms with Crippen molar-refractivity contribution in [1.29, 1.82) is 0 Å². The molecule has 3 nitrogen and oxygen atoms in total. The van der Waals surface area contributed by atoms with Crippen LogP contribution in [-0.4, -0.2) is 16.5 Å². The van der Waals surface area contributed by atoms with Crippen LogP contribution in [0.25, 0.3) is 12.5 Å². The van der Waals surface area contributed by atoms with Gasteiger partial charge in [0.05, 0.1) is 12.5 Å². The fraction of sp³-hybridized carbons (Fsp3) is 0. The van der Waals surface area contributed by atoms with Crippen LogP contribution in [0, 0.1) is 0 Å². The second kappa shape index (κ2) is 3.57. The SMILES string of the molecule is O=Cc1ccc(=CO)c(=CO)c1. The Morgan fingerprint density at radius 3 is 2.25 bits per heavy atom. The van der Waals surface area contributed by atoms with Gasteiger partial charge >= 0.3 is 0 Å². The predicted molar refractivity (Wildman–Crippen MR) is 45.3 cm³/mol. The minimum Gasteiger partial charge on any atom is -0.515 e. The van der Waals surface area contributed by atoms with Gasteiger partial charge in [-0.25, -0.2) is 0 Å². The Morgan fingerprint density at radius 1 is 1.08 bits per heavy atom. The molecule has 0 bridgehead atoms. The summed E-state index contributed by atoms with van der Waals surface area (Å²) in [5, 5.41) is 18.3. The normalized spacial score (nSPS) is 13.3. The first-order valence-electron chi connectivity index (χ1n) is 3.36. The molecular formula is C9H8O3. The fourth-order valence-electron chi connectivity index (χ4n) is 0.896. The zero-order valence-corrected chi connectivity index (χ0v) is 6.27. The summed E-state index contributed by atoms with van der Waals surface area (Å²) in [6.07, 6.45) is 2.39. The molecule has 0 aliphatic heterocycles. The number of rotatable bonds is 1. The highest BCUT2D eigenvalue weighted by atomic mass is 16.2. The van der Waals surface area contributed by atoms with Gasteiger partial charge in [-0.2, -0.15) is 0 Å². The van der Waals surface area contributed by atoms with Crippen molar-refractivity contribution >= 4 is 18.8 Å². The summed E-state index contributed by atoms with van der Waals surface area (Å²) in [5.41, 5.74) is 0.459. The Labute approximate surface area is 68.9 Å². The van der Waals surface area contributed by atoms with Crippen molar-refractivity contribution in [2.24, 2.45) is 0 Å². The molecule has 0 aliphatic rings. The van der Waals surface area contributed by atoms with E-state index < -0.39 is 0 Å². The second-order valence-corrected chi connectivity index (χ2v) is 2.26. The van der Waals surface area contributed by atoms with Gasteiger partial charge in [0.2, 0.25) is 0 Å². The predicted octanol–water partition coefficient (Wildman–Crippen LogP) is 0.0911. The standard InChI is InChI=1S/C9H8O3/c10-4-7-1-2-8(5-11)9(3-7)6-12/h1-6,11-12H. The van der Waals surface area contributed by atoms with Gasteiger partial charge in [0.15, 0.2) is 0 Å². The number of aliphatic hydroxyl groups is 2. The van der Waals surface area contributed by atoms with Crippen molar-refractivity contribution in [3.63, 3.8) is 0 Å². The lowest BCUT2D eigenvalue weighted by atomic mass is 10.2. The monoisotopic (exact) mass is 164 g/mol. The van der Waals surface area contributed by atoms with Crippen LogP contribution in [0.4, 0.5) is 0 Å². The van der Waals surface area contributed by atoms with Crippen LogP contribution in [0.5, 0.6) is 0 Å². The largest absolute Gasteiger partial charge is 0.515 e. The molecule has 0 fully saturated rings. The molecule has 2 N–H and O–H groups in total. The molecule has 1 rings (SSSR count). The Kier molecular flexibility index (Phi) is 2.48. The zero-order valence-electron chi connectivity index (χ0n) is 6.27. The Balaban J connectivity index is 3.52. The van der Waals surface area contributed by atoms with Gasteiger partial charge in [-0.3, -0.25) is 4.79 Å². The van der Waals surface area contributed by atoms with E-state index in [-0.39, 0.29) is 0 Å². The highest BCUT2D eigenvalue weighted by Gasteiger charge is 1.89. The molecule has 0 heterocycles. The van der Waals surface area contributed by atoms with E-state index >= 15 is 0 Å². The van der Waals surface area contributed by atoms with Crippen LogP contribution < -0.4 is 10.4 Å². The van der Waals surface area contributed by atoms with Crippen LogP contribution >= 0.6 is 0 Å². The average molecular weight is 164 g/mol. The van der Waals surface area contributed by atoms with E-state index in [9.17, 15) is 4.79 Å². The number of hydrogen-bond acceptors (Lipinski definition) is 3. The minimum absolute atomic E-state index is 0.419. The molecule has 0 atom stereocenters. The molecule has 3 heteroatoms. The number of benzene rings is 1. The van der Waals surface area contributed by atoms with Crippen molar-refractivity contribution in [1.82, 2.24) is 0 Å². The maximum absolute atomic E-state index is 10.3. The Bertz CT molecular complexity index is 393. The van der Waals surface area contributed by atoms with E-state index in [2.05, 4.69) is 0 Å². The van der Waals surface area contributed by atoms with Gasteiger partial charge in [-0.15, -0.1) is 0 Å². The van der Waals surface area contributed by atoms with Crippen LogP contribution in [0.2, 0.25) is 0 Å². The Morgan fingerprint density at radius 2 is 1.75 bits per heavy atom. The molecule has 1 aromatic carbocycles. The molecule has 0 saturated heterocycles. The molecule has 0 radical (unpaired) electrons. The topological polar surface area (TPSA) is 57.5 Å². The van der Waals surface area contributed by atoms with Crippen molar-refractivity contribution in [2.45, 2.75) is 0 Å². The molecule has 0 amide bonds. The lowest BCUT2D eigenvalue weighted by Gasteiger charge is -1.89. The summed E-state index contributed by atoms with van der Waals surface area (Å²) < 4.78 is 0. The quantitative estimate of drug-likeness (QED) is 0.578. The van der Waals surface area contributed by atoms with Crippen LogP contribution in [0.15, 0.2) is 18.2 Å². The summed E-state index contributed by atoms with van der Waals surface area (Å²) in [5.74, 6) is 0. The molecule has 0 unspecified atom stereocenters. The van der Waals surface area contributed by atoms with Crippen LogP contribution in [-0.2, 0) is 0 Å². The highest BCUT2D eigenvalue weighted by molar-refractivity contribution is 5.74. The van der Waals surface area contributed by atoms with E-state index in [1.54, 1.807) is 12.1 Å². The molecular weight excluding hydrogens is 156 g/mol. The summed E-state index contributed by atoms with van der Waals surface area (Å²) in [4.78, 5) is 10.3. The fourth-order valence-corrected chi connectivity index (χ4v) is 0.896. The average Bonchev–Trinajstić information content (AvgIpc) is 2.16. The van der Waals surface area contributed by atoms with Gasteiger partial charge in [-0.05, 0) is 6.07 Å². The summed E-state index contributed by atoms with van der Waals surface area (Å²) in [6.45, 7) is 0. The smallest absolute Gasteiger partial charge is 0.150 e. The minimum atomic E-state index is 0.419. The van der Waals surface area contributed by atoms with E-state index in [1.165, 1.54) is 6.07 Å². The van der Waals surface area contributed by atoms with Crippen molar-refractivity contribution < 1.29 is 15.0 Å². The summed E-state index contributed by atoms with van der Waals surface area (Å²) >= 11 is 0. The van der Waals surface area contributed by atoms with Gasteiger partial charge in [0.25, 0.3) is 0 Å². The maximum atomic E-state index is 10.3. The molecule has 0 saturated carbocycles. The summed E-state index contributed by atoms with van der Waals surface area (Å²) in [7, 11) is 0. The van der Waals surface area contributed by atoms with E-state index in [1.807, 2.05) is 0 Å². The number of aldehydes is 1. The third-order valence-corrected chi connectivity index (χ3v) is 1.53. The first-order chi connectivity index (χ1) is 5.81. The molecule has 12 heavy (non-hydrogen) atoms. The van der Waals surface area contributed by atoms with E-state index in [0.29, 0.717) is 22.3 Å². The van der Waals surface area contributed by atoms with Crippen LogP contribution in [0.1, 0.15) is 10.4 Å². The molecule has 0 spiro atoms. The molecule has 62 valence electrons. The van der Waals surface area contributed by atoms with Gasteiger partial charge in [0, 0.05) is 16.0 Å². The van der Waals surface area contributed by atoms with Gasteiger partial charge in [0.1, 0.15) is 6.29 Å². The van der Waals surface area contributed by atoms with E-state index in [0.717, 1.165) is 12.5 Å². The molecule has 0 aliphatic carbocycles. The Hall–Kier alpha value is -1.77. The number of aliphatic hydroxyl groups excluding tert-OH is 2. The first kappa shape index (κ1) is 8.33. The zero-order chi connectivity index (χ0) is 8.97. The van der Waals surface area contributed by atoms with Crippen LogP contribution in [0.3, 0.4) is 0 Å². The molecule has 0 aromatic heterocycles. The summed E-state index contributed by atoms with van der Waals surface area (Å²) in [6, 6.07) is 4.59. The third kappa shape index (κ3) is 1.45. The third-order valence-electron chi connectivity index (χ3n) is 1.53. The number of carbonyl (C=O) groups excluding carboxylic acids is 1. The van der Waals surface area contributed by atoms with Crippen molar-refractivity contribution in [3.8, 4) is 0 Å². The van der Waals surface area contributed by atoms with Gasteiger partial charge < -0.3 is 10.2 Å². The lowest BCUT2D eigenvalue weighted by molar-refractivity contribution is 0.112. The second-order valence-electron chi connectivity index (χ2n) is 2.26. The first-order valence-corrected chi connectivity index (χ1v) is 3.36. The van der Waals surface area contributed by atoms with Crippen molar-refractivity contribution in [2.75, 3.05) is 0 Å². The maximum Gasteiger partial charge on any atom is 0.150 e. The molecule has 1 aromatic rings. The lowest BCUT2D eigenvalue weighted by Crippen LogP contribution is -2.24.